The summed E-state index contributed by atoms with van der Waals surface area (Å²) >= 11 is 0. The Morgan fingerprint density at radius 2 is 1.00 bits per heavy atom. The summed E-state index contributed by atoms with van der Waals surface area (Å²) in [5, 5.41) is 53.3. The van der Waals surface area contributed by atoms with Crippen molar-refractivity contribution < 1.29 is 24.6 Å². The molecule has 0 aliphatic heterocycles. The minimum absolute atomic E-state index is 0.857. The van der Waals surface area contributed by atoms with Gasteiger partial charge in [0.2, 0.25) is 0 Å². The maximum atomic E-state index is 10.7. The van der Waals surface area contributed by atoms with Crippen LogP contribution in [-0.2, 0) is 0 Å². The molecule has 0 aliphatic carbocycles. The highest BCUT2D eigenvalue weighted by atomic mass is 16.7. The highest BCUT2D eigenvalue weighted by molar-refractivity contribution is 4.71. The molecule has 0 aliphatic rings. The summed E-state index contributed by atoms with van der Waals surface area (Å²) in [6, 6.07) is 0. The zero-order chi connectivity index (χ0) is 16.3. The van der Waals surface area contributed by atoms with Gasteiger partial charge in [-0.3, -0.25) is 50.6 Å². The molecule has 15 heteroatoms. The van der Waals surface area contributed by atoms with E-state index in [1.54, 1.807) is 0 Å². The van der Waals surface area contributed by atoms with Crippen molar-refractivity contribution in [2.45, 2.75) is 31.2 Å². The lowest BCUT2D eigenvalue weighted by Gasteiger charge is -2.16. The van der Waals surface area contributed by atoms with Crippen LogP contribution in [0, 0.1) is 50.6 Å². The van der Waals surface area contributed by atoms with Crippen molar-refractivity contribution in [3.8, 4) is 0 Å². The van der Waals surface area contributed by atoms with E-state index >= 15 is 0 Å². The van der Waals surface area contributed by atoms with Gasteiger partial charge in [0.1, 0.15) is 0 Å². The Morgan fingerprint density at radius 1 is 0.700 bits per heavy atom. The molecule has 0 fully saturated rings. The maximum Gasteiger partial charge on any atom is 0.714 e. The molecule has 0 aromatic rings. The fourth-order valence-electron chi connectivity index (χ4n) is 1.35. The number of nitrogens with zero attached hydrogens (tertiary/aromatic N) is 5. The molecule has 0 heterocycles. The highest BCUT2D eigenvalue weighted by Gasteiger charge is 2.81. The van der Waals surface area contributed by atoms with Crippen LogP contribution in [0.4, 0.5) is 0 Å². The molecule has 0 bridgehead atoms. The lowest BCUT2D eigenvalue weighted by atomic mass is 9.99. The normalized spacial score (nSPS) is 11.7. The Hall–Kier alpha value is -3.00. The predicted molar refractivity (Wildman–Crippen MR) is 55.3 cm³/mol. The average Bonchev–Trinajstić information content (AvgIpc) is 2.28. The second kappa shape index (κ2) is 5.33. The van der Waals surface area contributed by atoms with Crippen LogP contribution in [0.2, 0.25) is 0 Å². The van der Waals surface area contributed by atoms with E-state index in [2.05, 4.69) is 0 Å². The summed E-state index contributed by atoms with van der Waals surface area (Å²) in [6.07, 6.45) is -3.13. The van der Waals surface area contributed by atoms with Gasteiger partial charge in [0.05, 0.1) is 16.3 Å². The van der Waals surface area contributed by atoms with Crippen LogP contribution in [0.15, 0.2) is 0 Å². The van der Waals surface area contributed by atoms with E-state index in [1.807, 2.05) is 0 Å². The second-order valence-electron chi connectivity index (χ2n) is 3.57. The molecule has 0 rings (SSSR count). The maximum absolute atomic E-state index is 10.7. The molecule has 112 valence electrons. The minimum Gasteiger partial charge on any atom is -0.258 e. The molecule has 0 radical (unpaired) electrons. The molecule has 0 unspecified atom stereocenters. The highest BCUT2D eigenvalue weighted by Crippen LogP contribution is 2.30. The number of nitro groups is 5. The smallest absolute Gasteiger partial charge is 0.258 e. The van der Waals surface area contributed by atoms with Gasteiger partial charge >= 0.3 is 17.9 Å². The Kier molecular flexibility index (Phi) is 4.53. The third-order valence-electron chi connectivity index (χ3n) is 2.64. The van der Waals surface area contributed by atoms with Gasteiger partial charge in [0.15, 0.2) is 14.8 Å². The minimum atomic E-state index is -4.27. The average molecular weight is 297 g/mol. The van der Waals surface area contributed by atoms with Crippen LogP contribution < -0.4 is 0 Å². The molecule has 0 aromatic carbocycles. The molecular weight excluding hydrogens is 290 g/mol. The van der Waals surface area contributed by atoms with E-state index in [9.17, 15) is 50.6 Å². The molecule has 0 N–H and O–H groups in total. The third kappa shape index (κ3) is 2.27. The van der Waals surface area contributed by atoms with Gasteiger partial charge in [-0.1, -0.05) is 6.92 Å². The fraction of sp³-hybridized carbons (Fsp3) is 1.00. The number of rotatable bonds is 8. The monoisotopic (exact) mass is 297 g/mol. The summed E-state index contributed by atoms with van der Waals surface area (Å²) in [4.78, 5) is 44.1. The summed E-state index contributed by atoms with van der Waals surface area (Å²) in [6.45, 7) is 0.857. The summed E-state index contributed by atoms with van der Waals surface area (Å²) in [5.41, 5.74) is -3.41. The zero-order valence-electron chi connectivity index (χ0n) is 9.73. The van der Waals surface area contributed by atoms with Gasteiger partial charge in [-0.05, 0) is 0 Å². The zero-order valence-corrected chi connectivity index (χ0v) is 9.73. The molecule has 0 atom stereocenters. The van der Waals surface area contributed by atoms with E-state index < -0.39 is 48.9 Å². The van der Waals surface area contributed by atoms with E-state index in [4.69, 9.17) is 0 Å². The van der Waals surface area contributed by atoms with E-state index in [0.717, 1.165) is 6.92 Å². The van der Waals surface area contributed by atoms with E-state index in [1.165, 1.54) is 0 Å². The van der Waals surface area contributed by atoms with Gasteiger partial charge < -0.3 is 0 Å². The Balaban J connectivity index is 6.20. The Morgan fingerprint density at radius 3 is 1.15 bits per heavy atom. The van der Waals surface area contributed by atoms with Gasteiger partial charge in [0, 0.05) is 0 Å². The largest absolute Gasteiger partial charge is 0.714 e. The van der Waals surface area contributed by atoms with Crippen LogP contribution in [0.5, 0.6) is 0 Å². The Labute approximate surface area is 107 Å². The lowest BCUT2D eigenvalue weighted by Crippen LogP contribution is -2.61. The van der Waals surface area contributed by atoms with Gasteiger partial charge in [0.25, 0.3) is 0 Å². The molecular formula is C5H7N5O10. The van der Waals surface area contributed by atoms with Crippen LogP contribution in [0.3, 0.4) is 0 Å². The van der Waals surface area contributed by atoms with Crippen LogP contribution in [0.25, 0.3) is 0 Å². The van der Waals surface area contributed by atoms with Gasteiger partial charge in [-0.25, -0.2) is 0 Å². The van der Waals surface area contributed by atoms with Gasteiger partial charge in [-0.15, -0.1) is 0 Å². The molecule has 0 saturated carbocycles. The molecule has 0 aromatic heterocycles. The van der Waals surface area contributed by atoms with Crippen molar-refractivity contribution in [1.29, 1.82) is 0 Å². The number of hydrogen-bond acceptors (Lipinski definition) is 10. The molecule has 20 heavy (non-hydrogen) atoms. The van der Waals surface area contributed by atoms with Crippen LogP contribution >= 0.6 is 0 Å². The van der Waals surface area contributed by atoms with E-state index in [0.29, 0.717) is 0 Å². The summed E-state index contributed by atoms with van der Waals surface area (Å²) < 4.78 is 0. The first-order valence-electron chi connectivity index (χ1n) is 4.71. The quantitative estimate of drug-likeness (QED) is 0.318. The fourth-order valence-corrected chi connectivity index (χ4v) is 1.35. The van der Waals surface area contributed by atoms with Crippen molar-refractivity contribution in [2.75, 3.05) is 0 Å². The first kappa shape index (κ1) is 17.0. The van der Waals surface area contributed by atoms with E-state index in [-0.39, 0.29) is 0 Å². The summed E-state index contributed by atoms with van der Waals surface area (Å²) in [5.74, 6) is -4.27. The Bertz CT molecular complexity index is 436. The molecule has 0 saturated heterocycles. The molecule has 15 nitrogen and oxygen atoms in total. The molecule has 0 amide bonds. The van der Waals surface area contributed by atoms with Crippen LogP contribution in [0.1, 0.15) is 19.8 Å². The standard InChI is InChI=1S/C5H7N5O10/c1-2-4(6(11)12,7(13)14)3-5(8(15)16,9(17)18)10(19)20/h2-3H2,1H3. The van der Waals surface area contributed by atoms with Crippen molar-refractivity contribution in [2.24, 2.45) is 0 Å². The van der Waals surface area contributed by atoms with Gasteiger partial charge in [-0.2, -0.15) is 0 Å². The predicted octanol–water partition coefficient (Wildman–Crippen LogP) is -0.480. The first-order valence-corrected chi connectivity index (χ1v) is 4.71. The SMILES string of the molecule is CCC(CC([N+](=O)[O-])([N+](=O)[O-])[N+](=O)[O-])([N+](=O)[O-])[N+](=O)[O-]. The first-order chi connectivity index (χ1) is 8.98. The van der Waals surface area contributed by atoms with Crippen molar-refractivity contribution in [3.63, 3.8) is 0 Å². The molecule has 0 spiro atoms. The van der Waals surface area contributed by atoms with Crippen molar-refractivity contribution in [1.82, 2.24) is 0 Å². The van der Waals surface area contributed by atoms with Crippen LogP contribution in [-0.4, -0.2) is 36.1 Å². The third-order valence-corrected chi connectivity index (χ3v) is 2.64. The van der Waals surface area contributed by atoms with Crippen molar-refractivity contribution in [3.05, 3.63) is 50.6 Å². The van der Waals surface area contributed by atoms with Crippen molar-refractivity contribution >= 4 is 0 Å². The summed E-state index contributed by atoms with van der Waals surface area (Å²) in [7, 11) is 0. The number of hydrogen-bond donors (Lipinski definition) is 0. The second-order valence-corrected chi connectivity index (χ2v) is 3.57. The lowest BCUT2D eigenvalue weighted by molar-refractivity contribution is -0.982. The topological polar surface area (TPSA) is 216 Å².